The van der Waals surface area contributed by atoms with Gasteiger partial charge in [0.05, 0.1) is 30.1 Å². The summed E-state index contributed by atoms with van der Waals surface area (Å²) in [5.41, 5.74) is 0.572. The number of morpholine rings is 1. The lowest BCUT2D eigenvalue weighted by molar-refractivity contribution is -0.118. The number of aromatic nitrogens is 1. The maximum Gasteiger partial charge on any atom is 0.262 e. The third-order valence-electron chi connectivity index (χ3n) is 3.98. The average molecular weight is 392 g/mol. The first kappa shape index (κ1) is 19.4. The molecule has 1 saturated heterocycles. The molecule has 0 atom stereocenters. The van der Waals surface area contributed by atoms with Gasteiger partial charge in [0.25, 0.3) is 5.91 Å². The van der Waals surface area contributed by atoms with Gasteiger partial charge < -0.3 is 19.5 Å². The summed E-state index contributed by atoms with van der Waals surface area (Å²) in [7, 11) is 0. The number of hydrogen-bond acceptors (Lipinski definition) is 6. The lowest BCUT2D eigenvalue weighted by atomic mass is 10.3. The first-order valence-electron chi connectivity index (χ1n) is 8.77. The number of rotatable bonds is 8. The fraction of sp³-hybridized carbons (Fsp3) is 0.368. The van der Waals surface area contributed by atoms with Gasteiger partial charge in [0.15, 0.2) is 6.61 Å². The predicted octanol–water partition coefficient (Wildman–Crippen LogP) is 2.46. The van der Waals surface area contributed by atoms with Gasteiger partial charge in [-0.3, -0.25) is 9.69 Å². The zero-order valence-electron chi connectivity index (χ0n) is 14.9. The summed E-state index contributed by atoms with van der Waals surface area (Å²) in [4.78, 5) is 18.5. The van der Waals surface area contributed by atoms with Crippen LogP contribution in [0.2, 0.25) is 5.02 Å². The van der Waals surface area contributed by atoms with Crippen LogP contribution in [-0.4, -0.2) is 61.9 Å². The number of nitrogens with one attached hydrogen (secondary N) is 1. The van der Waals surface area contributed by atoms with Gasteiger partial charge in [-0.2, -0.15) is 0 Å². The predicted molar refractivity (Wildman–Crippen MR) is 103 cm³/mol. The zero-order chi connectivity index (χ0) is 18.9. The van der Waals surface area contributed by atoms with Gasteiger partial charge in [-0.25, -0.2) is 4.98 Å². The molecular weight excluding hydrogens is 370 g/mol. The zero-order valence-corrected chi connectivity index (χ0v) is 15.7. The second kappa shape index (κ2) is 10.1. The van der Waals surface area contributed by atoms with E-state index in [0.29, 0.717) is 28.9 Å². The van der Waals surface area contributed by atoms with Crippen LogP contribution in [0, 0.1) is 0 Å². The van der Waals surface area contributed by atoms with E-state index in [2.05, 4.69) is 15.2 Å². The van der Waals surface area contributed by atoms with E-state index < -0.39 is 0 Å². The molecule has 144 valence electrons. The molecule has 1 aliphatic heterocycles. The quantitative estimate of drug-likeness (QED) is 0.745. The Morgan fingerprint density at radius 1 is 1.19 bits per heavy atom. The Labute approximate surface area is 163 Å². The van der Waals surface area contributed by atoms with E-state index in [1.54, 1.807) is 42.6 Å². The molecule has 0 spiro atoms. The molecule has 1 amide bonds. The van der Waals surface area contributed by atoms with Crippen LogP contribution in [0.5, 0.6) is 11.6 Å². The summed E-state index contributed by atoms with van der Waals surface area (Å²) < 4.78 is 16.4. The van der Waals surface area contributed by atoms with Gasteiger partial charge >= 0.3 is 0 Å². The molecule has 1 aromatic carbocycles. The number of carbonyl (C=O) groups is 1. The van der Waals surface area contributed by atoms with Crippen molar-refractivity contribution in [1.29, 1.82) is 0 Å². The molecule has 1 aliphatic rings. The molecular formula is C19H22ClN3O4. The van der Waals surface area contributed by atoms with Crippen molar-refractivity contribution in [2.75, 3.05) is 51.4 Å². The number of halogens is 1. The number of hydrogen-bond donors (Lipinski definition) is 1. The van der Waals surface area contributed by atoms with Crippen molar-refractivity contribution in [1.82, 2.24) is 9.88 Å². The lowest BCUT2D eigenvalue weighted by Gasteiger charge is -2.26. The smallest absolute Gasteiger partial charge is 0.262 e. The van der Waals surface area contributed by atoms with E-state index in [-0.39, 0.29) is 12.5 Å². The van der Waals surface area contributed by atoms with Crippen molar-refractivity contribution in [2.45, 2.75) is 0 Å². The molecule has 1 aromatic heterocycles. The standard InChI is InChI=1S/C19H22ClN3O4/c20-16-3-1-2-4-17(16)27-14-18(24)22-15-5-6-19(21-13-15)26-12-9-23-7-10-25-11-8-23/h1-6,13H,7-12,14H2,(H,22,24). The summed E-state index contributed by atoms with van der Waals surface area (Å²) in [5.74, 6) is 0.697. The highest BCUT2D eigenvalue weighted by Gasteiger charge is 2.10. The van der Waals surface area contributed by atoms with Crippen LogP contribution in [0.25, 0.3) is 0 Å². The molecule has 2 heterocycles. The van der Waals surface area contributed by atoms with E-state index >= 15 is 0 Å². The number of pyridine rings is 1. The van der Waals surface area contributed by atoms with Gasteiger partial charge in [-0.15, -0.1) is 0 Å². The molecule has 0 radical (unpaired) electrons. The minimum Gasteiger partial charge on any atom is -0.482 e. The van der Waals surface area contributed by atoms with Crippen LogP contribution in [0.15, 0.2) is 42.6 Å². The number of benzene rings is 1. The second-order valence-electron chi connectivity index (χ2n) is 5.95. The molecule has 8 heteroatoms. The van der Waals surface area contributed by atoms with Crippen LogP contribution in [-0.2, 0) is 9.53 Å². The van der Waals surface area contributed by atoms with Crippen molar-refractivity contribution in [3.63, 3.8) is 0 Å². The minimum atomic E-state index is -0.294. The van der Waals surface area contributed by atoms with Crippen molar-refractivity contribution in [3.05, 3.63) is 47.6 Å². The third kappa shape index (κ3) is 6.39. The average Bonchev–Trinajstić information content (AvgIpc) is 2.69. The van der Waals surface area contributed by atoms with Crippen molar-refractivity contribution >= 4 is 23.2 Å². The first-order chi connectivity index (χ1) is 13.2. The Bertz CT molecular complexity index is 736. The van der Waals surface area contributed by atoms with Gasteiger partial charge in [-0.1, -0.05) is 23.7 Å². The largest absolute Gasteiger partial charge is 0.482 e. The summed E-state index contributed by atoms with van der Waals surface area (Å²) in [6.07, 6.45) is 1.55. The fourth-order valence-electron chi connectivity index (χ4n) is 2.55. The number of nitrogens with zero attached hydrogens (tertiary/aromatic N) is 2. The first-order valence-corrected chi connectivity index (χ1v) is 9.14. The van der Waals surface area contributed by atoms with Crippen LogP contribution in [0.4, 0.5) is 5.69 Å². The topological polar surface area (TPSA) is 72.9 Å². The van der Waals surface area contributed by atoms with Gasteiger partial charge in [0, 0.05) is 25.7 Å². The minimum absolute atomic E-state index is 0.137. The molecule has 27 heavy (non-hydrogen) atoms. The number of ether oxygens (including phenoxy) is 3. The molecule has 0 unspecified atom stereocenters. The van der Waals surface area contributed by atoms with Crippen molar-refractivity contribution < 1.29 is 19.0 Å². The molecule has 1 fully saturated rings. The van der Waals surface area contributed by atoms with Gasteiger partial charge in [0.1, 0.15) is 12.4 Å². The number of amides is 1. The van der Waals surface area contributed by atoms with Crippen molar-refractivity contribution in [3.8, 4) is 11.6 Å². The normalized spacial score (nSPS) is 14.6. The molecule has 1 N–H and O–H groups in total. The van der Waals surface area contributed by atoms with Gasteiger partial charge in [-0.05, 0) is 18.2 Å². The lowest BCUT2D eigenvalue weighted by Crippen LogP contribution is -2.38. The van der Waals surface area contributed by atoms with Gasteiger partial charge in [0.2, 0.25) is 5.88 Å². The van der Waals surface area contributed by atoms with Crippen LogP contribution < -0.4 is 14.8 Å². The third-order valence-corrected chi connectivity index (χ3v) is 4.29. The summed E-state index contributed by atoms with van der Waals surface area (Å²) in [6.45, 7) is 4.66. The molecule has 2 aromatic rings. The van der Waals surface area contributed by atoms with Crippen LogP contribution >= 0.6 is 11.6 Å². The number of carbonyl (C=O) groups excluding carboxylic acids is 1. The summed E-state index contributed by atoms with van der Waals surface area (Å²) >= 11 is 5.99. The Morgan fingerprint density at radius 2 is 2.00 bits per heavy atom. The fourth-order valence-corrected chi connectivity index (χ4v) is 2.74. The van der Waals surface area contributed by atoms with E-state index in [0.717, 1.165) is 32.8 Å². The Hall–Kier alpha value is -2.35. The highest BCUT2D eigenvalue weighted by Crippen LogP contribution is 2.23. The monoisotopic (exact) mass is 391 g/mol. The number of anilines is 1. The Balaban J connectivity index is 1.39. The number of para-hydroxylation sites is 1. The highest BCUT2D eigenvalue weighted by atomic mass is 35.5. The van der Waals surface area contributed by atoms with E-state index in [1.807, 2.05) is 0 Å². The van der Waals surface area contributed by atoms with Crippen LogP contribution in [0.1, 0.15) is 0 Å². The van der Waals surface area contributed by atoms with Crippen molar-refractivity contribution in [2.24, 2.45) is 0 Å². The Morgan fingerprint density at radius 3 is 2.74 bits per heavy atom. The maximum atomic E-state index is 12.0. The maximum absolute atomic E-state index is 12.0. The highest BCUT2D eigenvalue weighted by molar-refractivity contribution is 6.32. The SMILES string of the molecule is O=C(COc1ccccc1Cl)Nc1ccc(OCCN2CCOCC2)nc1. The van der Waals surface area contributed by atoms with E-state index in [4.69, 9.17) is 25.8 Å². The summed E-state index contributed by atoms with van der Waals surface area (Å²) in [5, 5.41) is 3.18. The van der Waals surface area contributed by atoms with E-state index in [9.17, 15) is 4.79 Å². The molecule has 3 rings (SSSR count). The molecule has 7 nitrogen and oxygen atoms in total. The molecule has 0 bridgehead atoms. The molecule has 0 aliphatic carbocycles. The second-order valence-corrected chi connectivity index (χ2v) is 6.36. The van der Waals surface area contributed by atoms with Crippen LogP contribution in [0.3, 0.4) is 0 Å². The molecule has 0 saturated carbocycles. The Kier molecular flexibility index (Phi) is 7.27. The summed E-state index contributed by atoms with van der Waals surface area (Å²) in [6, 6.07) is 10.5. The van der Waals surface area contributed by atoms with E-state index in [1.165, 1.54) is 0 Å².